The van der Waals surface area contributed by atoms with Gasteiger partial charge in [0.25, 0.3) is 11.8 Å². The van der Waals surface area contributed by atoms with E-state index >= 15 is 0 Å². The Morgan fingerprint density at radius 1 is 0.867 bits per heavy atom. The number of likely N-dealkylation sites (tertiary alicyclic amines) is 1. The maximum Gasteiger partial charge on any atom is 0.265 e. The van der Waals surface area contributed by atoms with Crippen LogP contribution in [0.3, 0.4) is 0 Å². The number of anilines is 1. The molecule has 6 heteroatoms. The van der Waals surface area contributed by atoms with E-state index in [2.05, 4.69) is 39.8 Å². The molecule has 1 saturated heterocycles. The lowest BCUT2D eigenvalue weighted by Gasteiger charge is -2.14. The number of nitrogens with zero attached hydrogens (tertiary/aromatic N) is 1. The summed E-state index contributed by atoms with van der Waals surface area (Å²) in [6.45, 7) is 3.87. The Bertz CT molecular complexity index is 976. The first kappa shape index (κ1) is 20.3. The van der Waals surface area contributed by atoms with Gasteiger partial charge < -0.3 is 10.6 Å². The zero-order valence-corrected chi connectivity index (χ0v) is 17.6. The van der Waals surface area contributed by atoms with Crippen LogP contribution in [0.1, 0.15) is 44.0 Å². The number of hydrogen-bond donors (Lipinski definition) is 2. The number of nitrogens with one attached hydrogen (secondary N) is 2. The molecule has 0 aliphatic carbocycles. The number of thiophene rings is 1. The highest BCUT2D eigenvalue weighted by molar-refractivity contribution is 7.12. The summed E-state index contributed by atoms with van der Waals surface area (Å²) in [5.41, 5.74) is 3.62. The summed E-state index contributed by atoms with van der Waals surface area (Å²) in [5.74, 6) is -0.275. The fourth-order valence-electron chi connectivity index (χ4n) is 3.55. The van der Waals surface area contributed by atoms with Gasteiger partial charge in [0.15, 0.2) is 0 Å². The van der Waals surface area contributed by atoms with Crippen molar-refractivity contribution in [3.63, 3.8) is 0 Å². The minimum absolute atomic E-state index is 0.132. The summed E-state index contributed by atoms with van der Waals surface area (Å²) in [6.07, 6.45) is 2.60. The van der Waals surface area contributed by atoms with Crippen molar-refractivity contribution in [2.75, 3.05) is 18.4 Å². The molecule has 2 N–H and O–H groups in total. The number of carbonyl (C=O) groups excluding carboxylic acids is 2. The predicted molar refractivity (Wildman–Crippen MR) is 121 cm³/mol. The van der Waals surface area contributed by atoms with Crippen LogP contribution >= 0.6 is 11.3 Å². The lowest BCUT2D eigenvalue weighted by atomic mass is 10.1. The van der Waals surface area contributed by atoms with Gasteiger partial charge in [-0.05, 0) is 72.8 Å². The number of hydrogen-bond acceptors (Lipinski definition) is 4. The number of carbonyl (C=O) groups is 2. The first-order chi connectivity index (χ1) is 14.7. The van der Waals surface area contributed by atoms with E-state index in [9.17, 15) is 9.59 Å². The zero-order valence-electron chi connectivity index (χ0n) is 16.8. The quantitative estimate of drug-likeness (QED) is 0.592. The summed E-state index contributed by atoms with van der Waals surface area (Å²) in [6, 6.07) is 19.0. The third-order valence-electron chi connectivity index (χ3n) is 5.23. The van der Waals surface area contributed by atoms with Crippen LogP contribution in [0.5, 0.6) is 0 Å². The molecule has 0 saturated carbocycles. The predicted octanol–water partition coefficient (Wildman–Crippen LogP) is 4.53. The normalized spacial score (nSPS) is 13.9. The Morgan fingerprint density at radius 3 is 2.23 bits per heavy atom. The summed E-state index contributed by atoms with van der Waals surface area (Å²) in [4.78, 5) is 27.7. The molecule has 1 aliphatic heterocycles. The Morgan fingerprint density at radius 2 is 1.57 bits per heavy atom. The largest absolute Gasteiger partial charge is 0.348 e. The maximum absolute atomic E-state index is 12.4. The molecule has 0 atom stereocenters. The van der Waals surface area contributed by atoms with Crippen molar-refractivity contribution in [2.24, 2.45) is 0 Å². The Balaban J connectivity index is 1.27. The van der Waals surface area contributed by atoms with E-state index in [1.165, 1.54) is 42.8 Å². The topological polar surface area (TPSA) is 61.4 Å². The monoisotopic (exact) mass is 419 g/mol. The van der Waals surface area contributed by atoms with Crippen LogP contribution < -0.4 is 10.6 Å². The minimum Gasteiger partial charge on any atom is -0.348 e. The van der Waals surface area contributed by atoms with Gasteiger partial charge >= 0.3 is 0 Å². The first-order valence-electron chi connectivity index (χ1n) is 10.2. The fourth-order valence-corrected chi connectivity index (χ4v) is 4.17. The lowest BCUT2D eigenvalue weighted by Crippen LogP contribution is -2.23. The van der Waals surface area contributed by atoms with Crippen LogP contribution in [-0.2, 0) is 13.1 Å². The summed E-state index contributed by atoms with van der Waals surface area (Å²) < 4.78 is 0. The van der Waals surface area contributed by atoms with Gasteiger partial charge in [0.1, 0.15) is 0 Å². The molecule has 4 rings (SSSR count). The van der Waals surface area contributed by atoms with Gasteiger partial charge in [0, 0.05) is 24.3 Å². The molecule has 154 valence electrons. The van der Waals surface area contributed by atoms with Crippen molar-refractivity contribution in [1.82, 2.24) is 10.2 Å². The number of rotatable bonds is 7. The van der Waals surface area contributed by atoms with Crippen LogP contribution in [0.25, 0.3) is 0 Å². The number of amides is 2. The van der Waals surface area contributed by atoms with Gasteiger partial charge in [-0.2, -0.15) is 0 Å². The van der Waals surface area contributed by atoms with E-state index in [1.807, 2.05) is 11.4 Å². The standard InChI is InChI=1S/C24H25N3O2S/c28-23(20-9-11-21(12-10-20)26-24(29)22-4-3-15-30-22)25-16-18-5-7-19(8-6-18)17-27-13-1-2-14-27/h3-12,15H,1-2,13-14,16-17H2,(H,25,28)(H,26,29). The van der Waals surface area contributed by atoms with E-state index in [4.69, 9.17) is 0 Å². The van der Waals surface area contributed by atoms with Gasteiger partial charge in [-0.3, -0.25) is 14.5 Å². The van der Waals surface area contributed by atoms with Gasteiger partial charge in [0.05, 0.1) is 4.88 Å². The Labute approximate surface area is 180 Å². The third-order valence-corrected chi connectivity index (χ3v) is 6.10. The van der Waals surface area contributed by atoms with Crippen molar-refractivity contribution in [3.05, 3.63) is 87.6 Å². The highest BCUT2D eigenvalue weighted by atomic mass is 32.1. The SMILES string of the molecule is O=C(NCc1ccc(CN2CCCC2)cc1)c1ccc(NC(=O)c2cccs2)cc1. The van der Waals surface area contributed by atoms with Gasteiger partial charge in [0.2, 0.25) is 0 Å². The highest BCUT2D eigenvalue weighted by Gasteiger charge is 2.12. The van der Waals surface area contributed by atoms with E-state index in [-0.39, 0.29) is 11.8 Å². The Hall–Kier alpha value is -2.96. The van der Waals surface area contributed by atoms with Crippen LogP contribution in [0.4, 0.5) is 5.69 Å². The molecule has 2 aromatic carbocycles. The second-order valence-corrected chi connectivity index (χ2v) is 8.44. The van der Waals surface area contributed by atoms with Crippen molar-refractivity contribution >= 4 is 28.8 Å². The average Bonchev–Trinajstić information content (AvgIpc) is 3.48. The zero-order chi connectivity index (χ0) is 20.8. The van der Waals surface area contributed by atoms with E-state index in [0.717, 1.165) is 12.1 Å². The molecule has 0 radical (unpaired) electrons. The second-order valence-electron chi connectivity index (χ2n) is 7.49. The van der Waals surface area contributed by atoms with Crippen LogP contribution in [0.15, 0.2) is 66.0 Å². The minimum atomic E-state index is -0.143. The van der Waals surface area contributed by atoms with Crippen molar-refractivity contribution < 1.29 is 9.59 Å². The van der Waals surface area contributed by atoms with Crippen LogP contribution in [0, 0.1) is 0 Å². The molecule has 2 heterocycles. The number of benzene rings is 2. The van der Waals surface area contributed by atoms with Gasteiger partial charge in [-0.15, -0.1) is 11.3 Å². The van der Waals surface area contributed by atoms with E-state index in [1.54, 1.807) is 30.3 Å². The summed E-state index contributed by atoms with van der Waals surface area (Å²) >= 11 is 1.39. The van der Waals surface area contributed by atoms with Gasteiger partial charge in [-0.1, -0.05) is 30.3 Å². The van der Waals surface area contributed by atoms with Gasteiger partial charge in [-0.25, -0.2) is 0 Å². The van der Waals surface area contributed by atoms with Crippen LogP contribution in [0.2, 0.25) is 0 Å². The van der Waals surface area contributed by atoms with Crippen LogP contribution in [-0.4, -0.2) is 29.8 Å². The summed E-state index contributed by atoms with van der Waals surface area (Å²) in [5, 5.41) is 7.66. The molecule has 30 heavy (non-hydrogen) atoms. The summed E-state index contributed by atoms with van der Waals surface area (Å²) in [7, 11) is 0. The second kappa shape index (κ2) is 9.69. The molecule has 0 spiro atoms. The smallest absolute Gasteiger partial charge is 0.265 e. The molecule has 1 aromatic heterocycles. The molecule has 3 aromatic rings. The average molecular weight is 420 g/mol. The molecule has 0 bridgehead atoms. The maximum atomic E-state index is 12.4. The Kier molecular flexibility index (Phi) is 6.57. The fraction of sp³-hybridized carbons (Fsp3) is 0.250. The molecular formula is C24H25N3O2S. The van der Waals surface area contributed by atoms with Crippen molar-refractivity contribution in [2.45, 2.75) is 25.9 Å². The molecule has 2 amide bonds. The molecule has 5 nitrogen and oxygen atoms in total. The molecule has 1 fully saturated rings. The van der Waals surface area contributed by atoms with Crippen molar-refractivity contribution in [3.8, 4) is 0 Å². The van der Waals surface area contributed by atoms with E-state index < -0.39 is 0 Å². The molecule has 0 unspecified atom stereocenters. The lowest BCUT2D eigenvalue weighted by molar-refractivity contribution is 0.0950. The van der Waals surface area contributed by atoms with E-state index in [0.29, 0.717) is 22.7 Å². The van der Waals surface area contributed by atoms with Crippen molar-refractivity contribution in [1.29, 1.82) is 0 Å². The molecular weight excluding hydrogens is 394 g/mol. The first-order valence-corrected chi connectivity index (χ1v) is 11.1. The highest BCUT2D eigenvalue weighted by Crippen LogP contribution is 2.15. The molecule has 1 aliphatic rings. The third kappa shape index (κ3) is 5.34.